The smallest absolute Gasteiger partial charge is 0.356 e. The Kier molecular flexibility index (Phi) is 2.02. The van der Waals surface area contributed by atoms with Crippen molar-refractivity contribution in [1.29, 1.82) is 0 Å². The standard InChI is InChI=1S/C8H11N3O2/c1-13-8(12)6-2-5-7(3-9-6)11-4-10-5/h2,7,10-11H,3-4H2,1H3. The van der Waals surface area contributed by atoms with Crippen molar-refractivity contribution >= 4 is 11.7 Å². The van der Waals surface area contributed by atoms with Gasteiger partial charge in [-0.05, 0) is 6.08 Å². The minimum absolute atomic E-state index is 0.244. The Balaban J connectivity index is 2.16. The number of carbonyl (C=O) groups is 1. The van der Waals surface area contributed by atoms with E-state index >= 15 is 0 Å². The molecule has 5 nitrogen and oxygen atoms in total. The average molecular weight is 181 g/mol. The summed E-state index contributed by atoms with van der Waals surface area (Å²) in [6.45, 7) is 1.34. The number of ether oxygens (including phenoxy) is 1. The zero-order valence-electron chi connectivity index (χ0n) is 7.33. The van der Waals surface area contributed by atoms with Crippen molar-refractivity contribution in [3.8, 4) is 0 Å². The second-order valence-electron chi connectivity index (χ2n) is 2.93. The summed E-state index contributed by atoms with van der Waals surface area (Å²) >= 11 is 0. The fourth-order valence-electron chi connectivity index (χ4n) is 1.43. The van der Waals surface area contributed by atoms with Gasteiger partial charge >= 0.3 is 5.97 Å². The Labute approximate surface area is 75.9 Å². The molecule has 0 spiro atoms. The van der Waals surface area contributed by atoms with Crippen molar-refractivity contribution < 1.29 is 9.53 Å². The van der Waals surface area contributed by atoms with Crippen LogP contribution in [0.3, 0.4) is 0 Å². The van der Waals surface area contributed by atoms with Crippen LogP contribution in [0.1, 0.15) is 0 Å². The highest BCUT2D eigenvalue weighted by atomic mass is 16.5. The van der Waals surface area contributed by atoms with Crippen LogP contribution in [-0.2, 0) is 9.53 Å². The van der Waals surface area contributed by atoms with Gasteiger partial charge in [-0.3, -0.25) is 10.3 Å². The Morgan fingerprint density at radius 1 is 1.77 bits per heavy atom. The van der Waals surface area contributed by atoms with E-state index in [9.17, 15) is 4.79 Å². The number of hydrogen-bond acceptors (Lipinski definition) is 5. The maximum atomic E-state index is 11.1. The van der Waals surface area contributed by atoms with Gasteiger partial charge in [0.05, 0.1) is 26.4 Å². The second kappa shape index (κ2) is 3.18. The molecular formula is C8H11N3O2. The van der Waals surface area contributed by atoms with Crippen LogP contribution >= 0.6 is 0 Å². The molecule has 0 aliphatic carbocycles. The van der Waals surface area contributed by atoms with Crippen molar-refractivity contribution in [3.63, 3.8) is 0 Å². The van der Waals surface area contributed by atoms with Gasteiger partial charge in [-0.25, -0.2) is 4.79 Å². The molecule has 2 heterocycles. The first-order chi connectivity index (χ1) is 6.31. The van der Waals surface area contributed by atoms with Gasteiger partial charge in [0, 0.05) is 5.70 Å². The lowest BCUT2D eigenvalue weighted by molar-refractivity contribution is -0.132. The van der Waals surface area contributed by atoms with Gasteiger partial charge in [0.2, 0.25) is 0 Å². The normalized spacial score (nSPS) is 25.5. The van der Waals surface area contributed by atoms with Crippen LogP contribution in [0.4, 0.5) is 0 Å². The number of dihydropyridines is 1. The van der Waals surface area contributed by atoms with Gasteiger partial charge in [-0.15, -0.1) is 0 Å². The first-order valence-electron chi connectivity index (χ1n) is 4.13. The zero-order valence-corrected chi connectivity index (χ0v) is 7.33. The van der Waals surface area contributed by atoms with Crippen LogP contribution in [0.5, 0.6) is 0 Å². The summed E-state index contributed by atoms with van der Waals surface area (Å²) < 4.78 is 4.58. The third-order valence-corrected chi connectivity index (χ3v) is 2.15. The summed E-state index contributed by atoms with van der Waals surface area (Å²) in [4.78, 5) is 15.2. The van der Waals surface area contributed by atoms with Gasteiger partial charge in [0.25, 0.3) is 0 Å². The Morgan fingerprint density at radius 2 is 2.62 bits per heavy atom. The minimum atomic E-state index is -0.375. The summed E-state index contributed by atoms with van der Waals surface area (Å²) in [6.07, 6.45) is 1.74. The lowest BCUT2D eigenvalue weighted by atomic mass is 10.1. The van der Waals surface area contributed by atoms with E-state index in [4.69, 9.17) is 0 Å². The molecule has 1 unspecified atom stereocenters. The second-order valence-corrected chi connectivity index (χ2v) is 2.93. The highest BCUT2D eigenvalue weighted by Crippen LogP contribution is 2.10. The van der Waals surface area contributed by atoms with Crippen molar-refractivity contribution in [2.24, 2.45) is 4.99 Å². The molecule has 1 saturated heterocycles. The summed E-state index contributed by atoms with van der Waals surface area (Å²) in [6, 6.07) is 0.244. The zero-order chi connectivity index (χ0) is 9.26. The predicted octanol–water partition coefficient (Wildman–Crippen LogP) is -0.983. The molecule has 0 radical (unpaired) electrons. The van der Waals surface area contributed by atoms with E-state index in [0.29, 0.717) is 12.3 Å². The fourth-order valence-corrected chi connectivity index (χ4v) is 1.43. The van der Waals surface area contributed by atoms with E-state index in [1.807, 2.05) is 0 Å². The number of methoxy groups -OCH3 is 1. The quantitative estimate of drug-likeness (QED) is 0.510. The molecule has 5 heteroatoms. The monoisotopic (exact) mass is 181 g/mol. The lowest BCUT2D eigenvalue weighted by Gasteiger charge is -2.14. The van der Waals surface area contributed by atoms with E-state index in [1.54, 1.807) is 6.08 Å². The van der Waals surface area contributed by atoms with Crippen LogP contribution in [0.25, 0.3) is 0 Å². The molecule has 1 fully saturated rings. The average Bonchev–Trinajstić information content (AvgIpc) is 2.63. The third kappa shape index (κ3) is 1.42. The number of aliphatic imine (C=N–C) groups is 1. The van der Waals surface area contributed by atoms with E-state index in [0.717, 1.165) is 12.4 Å². The maximum absolute atomic E-state index is 11.1. The largest absolute Gasteiger partial charge is 0.464 e. The van der Waals surface area contributed by atoms with Crippen LogP contribution in [0, 0.1) is 0 Å². The Morgan fingerprint density at radius 3 is 3.38 bits per heavy atom. The minimum Gasteiger partial charge on any atom is -0.464 e. The predicted molar refractivity (Wildman–Crippen MR) is 47.3 cm³/mol. The van der Waals surface area contributed by atoms with Crippen LogP contribution in [-0.4, -0.2) is 38.0 Å². The lowest BCUT2D eigenvalue weighted by Crippen LogP contribution is -2.31. The summed E-state index contributed by atoms with van der Waals surface area (Å²) in [5.41, 5.74) is 1.42. The van der Waals surface area contributed by atoms with E-state index < -0.39 is 0 Å². The topological polar surface area (TPSA) is 62.7 Å². The summed E-state index contributed by atoms with van der Waals surface area (Å²) in [7, 11) is 1.36. The third-order valence-electron chi connectivity index (χ3n) is 2.15. The highest BCUT2D eigenvalue weighted by molar-refractivity contribution is 6.41. The summed E-state index contributed by atoms with van der Waals surface area (Å²) in [5.74, 6) is -0.375. The van der Waals surface area contributed by atoms with Crippen molar-refractivity contribution in [1.82, 2.24) is 10.6 Å². The molecule has 2 aliphatic rings. The number of rotatable bonds is 1. The number of fused-ring (bicyclic) bond motifs is 1. The van der Waals surface area contributed by atoms with Crippen molar-refractivity contribution in [2.75, 3.05) is 20.3 Å². The van der Waals surface area contributed by atoms with Gasteiger partial charge in [0.1, 0.15) is 5.71 Å². The van der Waals surface area contributed by atoms with Gasteiger partial charge in [-0.2, -0.15) is 0 Å². The summed E-state index contributed by atoms with van der Waals surface area (Å²) in [5, 5.41) is 6.33. The maximum Gasteiger partial charge on any atom is 0.356 e. The molecule has 1 atom stereocenters. The first-order valence-corrected chi connectivity index (χ1v) is 4.13. The van der Waals surface area contributed by atoms with Crippen molar-refractivity contribution in [2.45, 2.75) is 6.04 Å². The SMILES string of the molecule is COC(=O)C1=NCC2NCNC2=C1. The number of carbonyl (C=O) groups excluding carboxylic acids is 1. The first kappa shape index (κ1) is 8.25. The number of esters is 1. The number of hydrogen-bond donors (Lipinski definition) is 2. The highest BCUT2D eigenvalue weighted by Gasteiger charge is 2.25. The molecule has 0 saturated carbocycles. The fraction of sp³-hybridized carbons (Fsp3) is 0.500. The van der Waals surface area contributed by atoms with Crippen LogP contribution in [0.2, 0.25) is 0 Å². The molecule has 2 N–H and O–H groups in total. The Bertz CT molecular complexity index is 296. The van der Waals surface area contributed by atoms with Gasteiger partial charge < -0.3 is 10.1 Å². The van der Waals surface area contributed by atoms with Crippen molar-refractivity contribution in [3.05, 3.63) is 11.8 Å². The number of nitrogens with zero attached hydrogens (tertiary/aromatic N) is 1. The van der Waals surface area contributed by atoms with Crippen LogP contribution < -0.4 is 10.6 Å². The molecule has 0 aromatic rings. The molecule has 13 heavy (non-hydrogen) atoms. The van der Waals surface area contributed by atoms with Gasteiger partial charge in [0.15, 0.2) is 0 Å². The molecule has 0 aromatic heterocycles. The molecule has 70 valence electrons. The molecule has 0 bridgehead atoms. The van der Waals surface area contributed by atoms with Crippen LogP contribution in [0.15, 0.2) is 16.8 Å². The molecule has 2 aliphatic heterocycles. The van der Waals surface area contributed by atoms with E-state index in [-0.39, 0.29) is 12.0 Å². The van der Waals surface area contributed by atoms with E-state index in [2.05, 4.69) is 20.4 Å². The molecular weight excluding hydrogens is 170 g/mol. The molecule has 0 aromatic carbocycles. The van der Waals surface area contributed by atoms with E-state index in [1.165, 1.54) is 7.11 Å². The molecule has 2 rings (SSSR count). The number of nitrogens with one attached hydrogen (secondary N) is 2. The Hall–Kier alpha value is -1.36. The molecule has 0 amide bonds. The van der Waals surface area contributed by atoms with Gasteiger partial charge in [-0.1, -0.05) is 0 Å².